The van der Waals surface area contributed by atoms with Gasteiger partial charge in [0.2, 0.25) is 12.3 Å². The molecular weight excluding hydrogens is 312 g/mol. The fourth-order valence-electron chi connectivity index (χ4n) is 2.12. The number of benzene rings is 1. The van der Waals surface area contributed by atoms with Crippen molar-refractivity contribution >= 4 is 24.0 Å². The van der Waals surface area contributed by atoms with Crippen LogP contribution in [0.5, 0.6) is 0 Å². The fourth-order valence-corrected chi connectivity index (χ4v) is 2.12. The van der Waals surface area contributed by atoms with Gasteiger partial charge in [-0.15, -0.1) is 0 Å². The highest BCUT2D eigenvalue weighted by molar-refractivity contribution is 5.91. The summed E-state index contributed by atoms with van der Waals surface area (Å²) in [7, 11) is 0. The second kappa shape index (κ2) is 11.0. The molecule has 0 aliphatic heterocycles. The summed E-state index contributed by atoms with van der Waals surface area (Å²) in [6, 6.07) is 8.20. The van der Waals surface area contributed by atoms with Crippen LogP contribution < -0.4 is 16.2 Å². The summed E-state index contributed by atoms with van der Waals surface area (Å²) in [5, 5.41) is 12.3. The number of unbranched alkanes of at least 4 members (excludes halogenated alkanes) is 2. The zero-order valence-corrected chi connectivity index (χ0v) is 13.7. The van der Waals surface area contributed by atoms with Crippen LogP contribution in [0.4, 0.5) is 10.5 Å². The van der Waals surface area contributed by atoms with Crippen molar-refractivity contribution in [1.29, 1.82) is 0 Å². The Balaban J connectivity index is 2.47. The van der Waals surface area contributed by atoms with Gasteiger partial charge in [-0.3, -0.25) is 20.2 Å². The summed E-state index contributed by atoms with van der Waals surface area (Å²) < 4.78 is 0. The Hall–Kier alpha value is -2.61. The Kier molecular flexibility index (Phi) is 8.91. The predicted octanol–water partition coefficient (Wildman–Crippen LogP) is 1.88. The van der Waals surface area contributed by atoms with Crippen molar-refractivity contribution in [2.45, 2.75) is 32.6 Å². The predicted molar refractivity (Wildman–Crippen MR) is 88.9 cm³/mol. The number of carbonyl (C=O) groups is 3. The van der Waals surface area contributed by atoms with Crippen molar-refractivity contribution in [2.75, 3.05) is 11.9 Å². The second-order valence-corrected chi connectivity index (χ2v) is 5.35. The number of urea groups is 1. The number of rotatable bonds is 9. The number of amides is 4. The molecule has 0 unspecified atom stereocenters. The Bertz CT molecular complexity index is 524. The molecule has 0 radical (unpaired) electrons. The first-order valence-corrected chi connectivity index (χ1v) is 7.89. The highest BCUT2D eigenvalue weighted by Gasteiger charge is 2.21. The Labute approximate surface area is 141 Å². The van der Waals surface area contributed by atoms with Crippen LogP contribution in [-0.2, 0) is 9.59 Å². The summed E-state index contributed by atoms with van der Waals surface area (Å²) >= 11 is 0. The number of hydrazine groups is 1. The summed E-state index contributed by atoms with van der Waals surface area (Å²) in [5.74, 6) is -1.07. The van der Waals surface area contributed by atoms with E-state index in [0.717, 1.165) is 19.3 Å². The average molecular weight is 336 g/mol. The molecule has 0 heterocycles. The molecule has 8 heteroatoms. The zero-order chi connectivity index (χ0) is 17.8. The number of anilines is 1. The van der Waals surface area contributed by atoms with E-state index in [0.29, 0.717) is 17.2 Å². The first-order chi connectivity index (χ1) is 11.6. The Morgan fingerprint density at radius 3 is 2.54 bits per heavy atom. The minimum Gasteiger partial charge on any atom is -0.307 e. The monoisotopic (exact) mass is 336 g/mol. The molecule has 0 aliphatic carbocycles. The number of nitrogens with one attached hydrogen (secondary N) is 3. The standard InChI is InChI=1S/C16H24N4O4/c1-2-3-5-8-13(11-20(24)12-21)15(22)18-19-16(23)17-14-9-6-4-7-10-14/h4,6-7,9-10,12-13,24H,2-3,5,8,11H2,1H3,(H,18,22)(H2,17,19,23)/t13-/m1/s1. The van der Waals surface area contributed by atoms with E-state index < -0.39 is 17.9 Å². The highest BCUT2D eigenvalue weighted by atomic mass is 16.5. The van der Waals surface area contributed by atoms with Crippen LogP contribution in [0.2, 0.25) is 0 Å². The van der Waals surface area contributed by atoms with E-state index in [1.165, 1.54) is 0 Å². The van der Waals surface area contributed by atoms with Gasteiger partial charge in [0.25, 0.3) is 0 Å². The topological polar surface area (TPSA) is 111 Å². The van der Waals surface area contributed by atoms with Gasteiger partial charge >= 0.3 is 6.03 Å². The molecule has 0 bridgehead atoms. The van der Waals surface area contributed by atoms with Crippen LogP contribution in [0.1, 0.15) is 32.6 Å². The molecule has 0 saturated heterocycles. The minimum atomic E-state index is -0.608. The number of hydrogen-bond acceptors (Lipinski definition) is 4. The Morgan fingerprint density at radius 2 is 1.92 bits per heavy atom. The molecule has 0 aliphatic rings. The smallest absolute Gasteiger partial charge is 0.307 e. The van der Waals surface area contributed by atoms with Gasteiger partial charge in [0.1, 0.15) is 0 Å². The van der Waals surface area contributed by atoms with E-state index in [1.54, 1.807) is 24.3 Å². The molecule has 4 amide bonds. The summed E-state index contributed by atoms with van der Waals surface area (Å²) in [4.78, 5) is 34.4. The quantitative estimate of drug-likeness (QED) is 0.239. The van der Waals surface area contributed by atoms with E-state index in [1.807, 2.05) is 13.0 Å². The van der Waals surface area contributed by atoms with Gasteiger partial charge < -0.3 is 5.32 Å². The van der Waals surface area contributed by atoms with Gasteiger partial charge in [0.05, 0.1) is 12.5 Å². The zero-order valence-electron chi connectivity index (χ0n) is 13.7. The number of hydroxylamine groups is 2. The molecule has 1 rings (SSSR count). The van der Waals surface area contributed by atoms with Crippen molar-refractivity contribution in [3.63, 3.8) is 0 Å². The minimum absolute atomic E-state index is 0.124. The van der Waals surface area contributed by atoms with E-state index >= 15 is 0 Å². The highest BCUT2D eigenvalue weighted by Crippen LogP contribution is 2.11. The van der Waals surface area contributed by atoms with Crippen molar-refractivity contribution < 1.29 is 19.6 Å². The van der Waals surface area contributed by atoms with Crippen molar-refractivity contribution in [2.24, 2.45) is 5.92 Å². The van der Waals surface area contributed by atoms with Crippen molar-refractivity contribution in [3.05, 3.63) is 30.3 Å². The molecule has 0 saturated carbocycles. The van der Waals surface area contributed by atoms with Gasteiger partial charge in [0.15, 0.2) is 0 Å². The molecule has 1 aromatic rings. The van der Waals surface area contributed by atoms with E-state index in [2.05, 4.69) is 16.2 Å². The lowest BCUT2D eigenvalue weighted by Gasteiger charge is -2.19. The van der Waals surface area contributed by atoms with E-state index in [4.69, 9.17) is 0 Å². The maximum absolute atomic E-state index is 12.1. The van der Waals surface area contributed by atoms with Crippen LogP contribution in [0.3, 0.4) is 0 Å². The number of carbonyl (C=O) groups excluding carboxylic acids is 3. The maximum Gasteiger partial charge on any atom is 0.337 e. The third-order valence-corrected chi connectivity index (χ3v) is 3.39. The normalized spacial score (nSPS) is 11.2. The lowest BCUT2D eigenvalue weighted by molar-refractivity contribution is -0.154. The molecular formula is C16H24N4O4. The van der Waals surface area contributed by atoms with E-state index in [9.17, 15) is 19.6 Å². The SMILES string of the molecule is CCCCC[C@H](CN(O)C=O)C(=O)NNC(=O)Nc1ccccc1. The molecule has 0 spiro atoms. The lowest BCUT2D eigenvalue weighted by Crippen LogP contribution is -2.48. The van der Waals surface area contributed by atoms with Gasteiger partial charge in [-0.2, -0.15) is 0 Å². The van der Waals surface area contributed by atoms with Gasteiger partial charge in [0, 0.05) is 5.69 Å². The molecule has 1 atom stereocenters. The largest absolute Gasteiger partial charge is 0.337 e. The number of para-hydroxylation sites is 1. The molecule has 132 valence electrons. The third kappa shape index (κ3) is 7.59. The summed E-state index contributed by atoms with van der Waals surface area (Å²) in [5.41, 5.74) is 5.15. The third-order valence-electron chi connectivity index (χ3n) is 3.39. The molecule has 4 N–H and O–H groups in total. The van der Waals surface area contributed by atoms with E-state index in [-0.39, 0.29) is 13.0 Å². The van der Waals surface area contributed by atoms with Crippen LogP contribution in [0.25, 0.3) is 0 Å². The molecule has 0 aromatic heterocycles. The summed E-state index contributed by atoms with van der Waals surface area (Å²) in [6.07, 6.45) is 3.47. The fraction of sp³-hybridized carbons (Fsp3) is 0.438. The maximum atomic E-state index is 12.1. The summed E-state index contributed by atoms with van der Waals surface area (Å²) in [6.45, 7) is 1.91. The second-order valence-electron chi connectivity index (χ2n) is 5.35. The molecule has 1 aromatic carbocycles. The first kappa shape index (κ1) is 19.4. The first-order valence-electron chi connectivity index (χ1n) is 7.89. The lowest BCUT2D eigenvalue weighted by atomic mass is 10.0. The van der Waals surface area contributed by atoms with Crippen LogP contribution in [-0.4, -0.2) is 35.2 Å². The van der Waals surface area contributed by atoms with Gasteiger partial charge in [-0.05, 0) is 18.6 Å². The van der Waals surface area contributed by atoms with Crippen LogP contribution in [0, 0.1) is 5.92 Å². The number of nitrogens with zero attached hydrogens (tertiary/aromatic N) is 1. The molecule has 8 nitrogen and oxygen atoms in total. The Morgan fingerprint density at radius 1 is 1.21 bits per heavy atom. The molecule has 0 fully saturated rings. The average Bonchev–Trinajstić information content (AvgIpc) is 2.59. The van der Waals surface area contributed by atoms with Crippen LogP contribution >= 0.6 is 0 Å². The van der Waals surface area contributed by atoms with Gasteiger partial charge in [-0.1, -0.05) is 44.4 Å². The van der Waals surface area contributed by atoms with Gasteiger partial charge in [-0.25, -0.2) is 15.3 Å². The van der Waals surface area contributed by atoms with Crippen molar-refractivity contribution in [1.82, 2.24) is 15.9 Å². The van der Waals surface area contributed by atoms with Crippen molar-refractivity contribution in [3.8, 4) is 0 Å². The van der Waals surface area contributed by atoms with Crippen LogP contribution in [0.15, 0.2) is 30.3 Å². The number of hydrogen-bond donors (Lipinski definition) is 4. The molecule has 24 heavy (non-hydrogen) atoms.